The third-order valence-corrected chi connectivity index (χ3v) is 1.47. The molecule has 0 aliphatic carbocycles. The van der Waals surface area contributed by atoms with Crippen LogP contribution in [-0.4, -0.2) is 0 Å². The molecule has 12 heavy (non-hydrogen) atoms. The fourth-order valence-corrected chi connectivity index (χ4v) is 0.865. The standard InChI is InChI=1S/C11H13O/c1-2-3-9-12-10-11-7-5-4-6-8-11/h2,4-9H,1,3,10H2. The molecule has 0 aliphatic rings. The highest BCUT2D eigenvalue weighted by Crippen LogP contribution is 2.02. The van der Waals surface area contributed by atoms with Crippen molar-refractivity contribution in [3.8, 4) is 0 Å². The second kappa shape index (κ2) is 5.56. The summed E-state index contributed by atoms with van der Waals surface area (Å²) in [6, 6.07) is 10.1. The van der Waals surface area contributed by atoms with Crippen LogP contribution in [0.2, 0.25) is 0 Å². The molecule has 0 aromatic heterocycles. The van der Waals surface area contributed by atoms with Crippen molar-refractivity contribution in [3.63, 3.8) is 0 Å². The molecule has 1 rings (SSSR count). The Morgan fingerprint density at radius 1 is 1.25 bits per heavy atom. The minimum absolute atomic E-state index is 0.648. The maximum Gasteiger partial charge on any atom is 0.0878 e. The molecular weight excluding hydrogens is 148 g/mol. The van der Waals surface area contributed by atoms with E-state index in [1.54, 1.807) is 6.61 Å². The van der Waals surface area contributed by atoms with Crippen molar-refractivity contribution in [3.05, 3.63) is 55.2 Å². The monoisotopic (exact) mass is 161 g/mol. The highest BCUT2D eigenvalue weighted by atomic mass is 16.5. The van der Waals surface area contributed by atoms with Crippen LogP contribution in [-0.2, 0) is 11.3 Å². The molecule has 0 saturated carbocycles. The molecule has 0 atom stereocenters. The van der Waals surface area contributed by atoms with Crippen molar-refractivity contribution in [1.82, 2.24) is 0 Å². The summed E-state index contributed by atoms with van der Waals surface area (Å²) in [4.78, 5) is 0. The molecule has 1 radical (unpaired) electrons. The van der Waals surface area contributed by atoms with E-state index in [4.69, 9.17) is 4.74 Å². The molecule has 0 N–H and O–H groups in total. The lowest BCUT2D eigenvalue weighted by molar-refractivity contribution is 0.184. The Hall–Kier alpha value is -1.08. The zero-order valence-electron chi connectivity index (χ0n) is 7.07. The minimum atomic E-state index is 0.648. The van der Waals surface area contributed by atoms with Crippen molar-refractivity contribution in [1.29, 1.82) is 0 Å². The molecule has 1 heteroatoms. The van der Waals surface area contributed by atoms with Gasteiger partial charge in [-0.2, -0.15) is 0 Å². The molecule has 0 saturated heterocycles. The fourth-order valence-electron chi connectivity index (χ4n) is 0.865. The maximum atomic E-state index is 5.26. The van der Waals surface area contributed by atoms with E-state index in [2.05, 4.69) is 6.58 Å². The quantitative estimate of drug-likeness (QED) is 0.476. The molecule has 0 spiro atoms. The van der Waals surface area contributed by atoms with Gasteiger partial charge < -0.3 is 4.74 Å². The third-order valence-electron chi connectivity index (χ3n) is 1.47. The average Bonchev–Trinajstić information content (AvgIpc) is 2.14. The van der Waals surface area contributed by atoms with Gasteiger partial charge in [0.1, 0.15) is 0 Å². The van der Waals surface area contributed by atoms with E-state index in [0.717, 1.165) is 6.42 Å². The maximum absolute atomic E-state index is 5.26. The second-order valence-electron chi connectivity index (χ2n) is 2.49. The first-order chi connectivity index (χ1) is 5.93. The Balaban J connectivity index is 2.20. The Labute approximate surface area is 73.7 Å². The Morgan fingerprint density at radius 2 is 2.00 bits per heavy atom. The van der Waals surface area contributed by atoms with Crippen LogP contribution in [0.4, 0.5) is 0 Å². The Bertz CT molecular complexity index is 216. The minimum Gasteiger partial charge on any atom is -0.371 e. The van der Waals surface area contributed by atoms with E-state index in [0.29, 0.717) is 6.61 Å². The van der Waals surface area contributed by atoms with E-state index in [1.807, 2.05) is 36.4 Å². The van der Waals surface area contributed by atoms with Crippen molar-refractivity contribution >= 4 is 0 Å². The van der Waals surface area contributed by atoms with Gasteiger partial charge in [-0.1, -0.05) is 36.4 Å². The molecule has 63 valence electrons. The Morgan fingerprint density at radius 3 is 2.67 bits per heavy atom. The predicted octanol–water partition coefficient (Wildman–Crippen LogP) is 2.94. The summed E-state index contributed by atoms with van der Waals surface area (Å²) in [5.74, 6) is 0. The third kappa shape index (κ3) is 3.35. The van der Waals surface area contributed by atoms with Crippen molar-refractivity contribution < 1.29 is 4.74 Å². The molecule has 0 amide bonds. The average molecular weight is 161 g/mol. The van der Waals surface area contributed by atoms with Crippen LogP contribution in [0.3, 0.4) is 0 Å². The first-order valence-corrected chi connectivity index (χ1v) is 4.01. The second-order valence-corrected chi connectivity index (χ2v) is 2.49. The van der Waals surface area contributed by atoms with Gasteiger partial charge >= 0.3 is 0 Å². The lowest BCUT2D eigenvalue weighted by Gasteiger charge is -2.00. The van der Waals surface area contributed by atoms with E-state index in [1.165, 1.54) is 5.56 Å². The number of hydrogen-bond donors (Lipinski definition) is 0. The van der Waals surface area contributed by atoms with E-state index >= 15 is 0 Å². The van der Waals surface area contributed by atoms with Crippen molar-refractivity contribution in [2.24, 2.45) is 0 Å². The number of hydrogen-bond acceptors (Lipinski definition) is 1. The molecule has 1 aromatic rings. The summed E-state index contributed by atoms with van der Waals surface area (Å²) in [6.45, 7) is 6.01. The van der Waals surface area contributed by atoms with Gasteiger partial charge in [-0.15, -0.1) is 6.58 Å². The van der Waals surface area contributed by atoms with Crippen LogP contribution in [0.15, 0.2) is 43.0 Å². The Kier molecular flexibility index (Phi) is 4.17. The largest absolute Gasteiger partial charge is 0.371 e. The highest BCUT2D eigenvalue weighted by Gasteiger charge is 1.89. The smallest absolute Gasteiger partial charge is 0.0878 e. The molecule has 0 bridgehead atoms. The van der Waals surface area contributed by atoms with Crippen LogP contribution in [0.25, 0.3) is 0 Å². The van der Waals surface area contributed by atoms with E-state index < -0.39 is 0 Å². The van der Waals surface area contributed by atoms with E-state index in [-0.39, 0.29) is 0 Å². The lowest BCUT2D eigenvalue weighted by atomic mass is 10.2. The van der Waals surface area contributed by atoms with Crippen LogP contribution in [0.1, 0.15) is 12.0 Å². The fraction of sp³-hybridized carbons (Fsp3) is 0.182. The normalized spacial score (nSPS) is 9.67. The number of rotatable bonds is 5. The highest BCUT2D eigenvalue weighted by molar-refractivity contribution is 5.13. The topological polar surface area (TPSA) is 9.23 Å². The molecule has 0 aliphatic heterocycles. The van der Waals surface area contributed by atoms with Gasteiger partial charge in [0.05, 0.1) is 13.2 Å². The van der Waals surface area contributed by atoms with Gasteiger partial charge in [-0.25, -0.2) is 0 Å². The first kappa shape index (κ1) is 9.01. The zero-order chi connectivity index (χ0) is 8.65. The van der Waals surface area contributed by atoms with Gasteiger partial charge in [0, 0.05) is 0 Å². The van der Waals surface area contributed by atoms with Crippen LogP contribution < -0.4 is 0 Å². The molecule has 0 unspecified atom stereocenters. The lowest BCUT2D eigenvalue weighted by Crippen LogP contribution is -1.88. The molecule has 0 heterocycles. The molecule has 1 nitrogen and oxygen atoms in total. The van der Waals surface area contributed by atoms with E-state index in [9.17, 15) is 0 Å². The summed E-state index contributed by atoms with van der Waals surface area (Å²) in [5, 5.41) is 0. The zero-order valence-corrected chi connectivity index (χ0v) is 7.07. The van der Waals surface area contributed by atoms with Crippen molar-refractivity contribution in [2.45, 2.75) is 13.0 Å². The van der Waals surface area contributed by atoms with Crippen molar-refractivity contribution in [2.75, 3.05) is 0 Å². The van der Waals surface area contributed by atoms with Gasteiger partial charge in [-0.3, -0.25) is 0 Å². The summed E-state index contributed by atoms with van der Waals surface area (Å²) in [7, 11) is 0. The molecule has 1 aromatic carbocycles. The molecular formula is C11H13O. The summed E-state index contributed by atoms with van der Waals surface area (Å²) >= 11 is 0. The van der Waals surface area contributed by atoms with Gasteiger partial charge in [0.15, 0.2) is 0 Å². The van der Waals surface area contributed by atoms with Crippen LogP contribution in [0.5, 0.6) is 0 Å². The van der Waals surface area contributed by atoms with Crippen LogP contribution >= 0.6 is 0 Å². The van der Waals surface area contributed by atoms with Gasteiger partial charge in [0.2, 0.25) is 0 Å². The van der Waals surface area contributed by atoms with Gasteiger partial charge in [-0.05, 0) is 12.0 Å². The number of benzene rings is 1. The molecule has 0 fully saturated rings. The first-order valence-electron chi connectivity index (χ1n) is 4.01. The summed E-state index contributed by atoms with van der Waals surface area (Å²) < 4.78 is 5.26. The summed E-state index contributed by atoms with van der Waals surface area (Å²) in [6.07, 6.45) is 2.61. The van der Waals surface area contributed by atoms with Crippen LogP contribution in [0, 0.1) is 6.61 Å². The van der Waals surface area contributed by atoms with Gasteiger partial charge in [0.25, 0.3) is 0 Å². The predicted molar refractivity (Wildman–Crippen MR) is 50.3 cm³/mol. The SMILES string of the molecule is C=CC[CH]OCc1ccccc1. The summed E-state index contributed by atoms with van der Waals surface area (Å²) in [5.41, 5.74) is 1.19. The number of ether oxygens (including phenoxy) is 1.